The third-order valence-electron chi connectivity index (χ3n) is 10.4. The van der Waals surface area contributed by atoms with Crippen molar-refractivity contribution in [2.24, 2.45) is 17.3 Å². The number of ether oxygens (including phenoxy) is 5. The smallest absolute Gasteiger partial charge is 0.338 e. The van der Waals surface area contributed by atoms with Gasteiger partial charge in [0.05, 0.1) is 33.6 Å². The number of rotatable bonds is 7. The van der Waals surface area contributed by atoms with Crippen LogP contribution < -0.4 is 0 Å². The molecule has 8 unspecified atom stereocenters. The van der Waals surface area contributed by atoms with E-state index in [1.54, 1.807) is 91.0 Å². The van der Waals surface area contributed by atoms with Crippen molar-refractivity contribution in [2.45, 2.75) is 83.1 Å². The van der Waals surface area contributed by atoms with Crippen molar-refractivity contribution in [1.29, 1.82) is 0 Å². The molecule has 2 bridgehead atoms. The molecular formula is C38H40O9. The van der Waals surface area contributed by atoms with Crippen molar-refractivity contribution < 1.29 is 42.9 Å². The van der Waals surface area contributed by atoms with Crippen LogP contribution in [0.2, 0.25) is 0 Å². The number of benzene rings is 3. The molecule has 1 heterocycles. The molecule has 9 nitrogen and oxygen atoms in total. The maximum absolute atomic E-state index is 13.9. The van der Waals surface area contributed by atoms with E-state index in [0.717, 1.165) is 0 Å². The van der Waals surface area contributed by atoms with Crippen LogP contribution in [0, 0.1) is 17.3 Å². The summed E-state index contributed by atoms with van der Waals surface area (Å²) in [6.45, 7) is 8.90. The average molecular weight is 641 g/mol. The molecule has 9 heteroatoms. The van der Waals surface area contributed by atoms with Crippen molar-refractivity contribution in [3.63, 3.8) is 0 Å². The van der Waals surface area contributed by atoms with Gasteiger partial charge in [0, 0.05) is 6.92 Å². The van der Waals surface area contributed by atoms with Crippen molar-refractivity contribution in [2.75, 3.05) is 0 Å². The number of hydrogen-bond acceptors (Lipinski definition) is 9. The number of fused-ring (bicyclic) bond motifs is 1. The maximum atomic E-state index is 13.9. The van der Waals surface area contributed by atoms with Gasteiger partial charge < -0.3 is 23.7 Å². The Morgan fingerprint density at radius 3 is 1.55 bits per heavy atom. The van der Waals surface area contributed by atoms with Gasteiger partial charge in [0.2, 0.25) is 0 Å². The fourth-order valence-electron chi connectivity index (χ4n) is 8.34. The first kappa shape index (κ1) is 32.4. The molecule has 1 spiro atoms. The molecule has 8 atom stereocenters. The van der Waals surface area contributed by atoms with Crippen molar-refractivity contribution in [1.82, 2.24) is 0 Å². The number of esters is 4. The summed E-state index contributed by atoms with van der Waals surface area (Å²) in [5, 5.41) is 0. The molecule has 3 aromatic rings. The Bertz CT molecular complexity index is 1640. The first-order chi connectivity index (χ1) is 22.4. The molecule has 0 amide bonds. The van der Waals surface area contributed by atoms with E-state index in [1.165, 1.54) is 6.92 Å². The van der Waals surface area contributed by atoms with Crippen molar-refractivity contribution >= 4 is 23.9 Å². The van der Waals surface area contributed by atoms with E-state index in [-0.39, 0.29) is 5.92 Å². The largest absolute Gasteiger partial charge is 0.462 e. The molecule has 3 fully saturated rings. The lowest BCUT2D eigenvalue weighted by molar-refractivity contribution is -0.294. The second-order valence-electron chi connectivity index (χ2n) is 13.5. The van der Waals surface area contributed by atoms with Crippen molar-refractivity contribution in [3.8, 4) is 0 Å². The molecule has 2 saturated carbocycles. The van der Waals surface area contributed by atoms with E-state index in [1.807, 2.05) is 27.7 Å². The minimum atomic E-state index is -1.34. The van der Waals surface area contributed by atoms with E-state index >= 15 is 0 Å². The summed E-state index contributed by atoms with van der Waals surface area (Å²) in [6.07, 6.45) is -3.13. The van der Waals surface area contributed by atoms with E-state index < -0.39 is 70.8 Å². The summed E-state index contributed by atoms with van der Waals surface area (Å²) < 4.78 is 32.4. The third-order valence-corrected chi connectivity index (χ3v) is 10.4. The number of hydrogen-bond donors (Lipinski definition) is 0. The van der Waals surface area contributed by atoms with Gasteiger partial charge in [-0.05, 0) is 75.9 Å². The van der Waals surface area contributed by atoms with Gasteiger partial charge in [0.15, 0.2) is 6.10 Å². The second-order valence-corrected chi connectivity index (χ2v) is 13.5. The minimum Gasteiger partial charge on any atom is -0.462 e. The predicted octanol–water partition coefficient (Wildman–Crippen LogP) is 6.21. The molecule has 47 heavy (non-hydrogen) atoms. The Morgan fingerprint density at radius 2 is 1.09 bits per heavy atom. The molecule has 0 N–H and O–H groups in total. The molecule has 0 radical (unpaired) electrons. The first-order valence-corrected chi connectivity index (χ1v) is 16.1. The molecule has 0 aromatic heterocycles. The Labute approximate surface area is 274 Å². The summed E-state index contributed by atoms with van der Waals surface area (Å²) in [5.41, 5.74) is -2.75. The Hall–Kier alpha value is -4.50. The molecule has 6 rings (SSSR count). The summed E-state index contributed by atoms with van der Waals surface area (Å²) in [4.78, 5) is 54.2. The maximum Gasteiger partial charge on any atom is 0.338 e. The zero-order valence-corrected chi connectivity index (χ0v) is 27.2. The lowest BCUT2D eigenvalue weighted by Gasteiger charge is -2.62. The monoisotopic (exact) mass is 640 g/mol. The van der Waals surface area contributed by atoms with Crippen LogP contribution in [0.1, 0.15) is 78.5 Å². The van der Waals surface area contributed by atoms with Crippen LogP contribution in [0.15, 0.2) is 91.0 Å². The van der Waals surface area contributed by atoms with E-state index in [2.05, 4.69) is 0 Å². The predicted molar refractivity (Wildman–Crippen MR) is 170 cm³/mol. The van der Waals surface area contributed by atoms with E-state index in [9.17, 15) is 19.2 Å². The minimum absolute atomic E-state index is 0.249. The fourth-order valence-corrected chi connectivity index (χ4v) is 8.34. The van der Waals surface area contributed by atoms with Crippen LogP contribution in [0.5, 0.6) is 0 Å². The highest BCUT2D eigenvalue weighted by Crippen LogP contribution is 2.68. The van der Waals surface area contributed by atoms with Crippen LogP contribution in [0.4, 0.5) is 0 Å². The van der Waals surface area contributed by atoms with Crippen LogP contribution in [0.3, 0.4) is 0 Å². The fraction of sp³-hybridized carbons (Fsp3) is 0.421. The highest BCUT2D eigenvalue weighted by atomic mass is 16.6. The van der Waals surface area contributed by atoms with Gasteiger partial charge in [-0.1, -0.05) is 61.5 Å². The molecule has 3 aromatic carbocycles. The number of carbonyl (C=O) groups is 4. The van der Waals surface area contributed by atoms with Gasteiger partial charge in [-0.3, -0.25) is 4.79 Å². The lowest BCUT2D eigenvalue weighted by Crippen LogP contribution is -2.76. The van der Waals surface area contributed by atoms with Gasteiger partial charge in [-0.25, -0.2) is 14.4 Å². The Balaban J connectivity index is 1.55. The van der Waals surface area contributed by atoms with Gasteiger partial charge >= 0.3 is 23.9 Å². The summed E-state index contributed by atoms with van der Waals surface area (Å²) in [7, 11) is 0. The number of carbonyl (C=O) groups excluding carboxylic acids is 4. The average Bonchev–Trinajstić information content (AvgIpc) is 3.27. The van der Waals surface area contributed by atoms with Gasteiger partial charge in [0.1, 0.15) is 23.9 Å². The molecular weight excluding hydrogens is 600 g/mol. The SMILES string of the molecule is CC(=O)OC1CCC(C)C23OC(C)(C)C(C(OC(=O)c4ccccc4)C(OC(=O)c4ccccc4)C12C)C3OC(=O)c1ccccc1. The molecule has 2 aliphatic carbocycles. The van der Waals surface area contributed by atoms with Crippen LogP contribution in [-0.2, 0) is 28.5 Å². The van der Waals surface area contributed by atoms with Crippen molar-refractivity contribution in [3.05, 3.63) is 108 Å². The standard InChI is InChI=1S/C38H40O9/c1-23-21-22-28(43-24(2)39)37(5)32(46-35(42)27-19-13-8-14-20-27)30(44-33(40)25-15-9-6-10-16-25)29-31(38(23,37)47-36(29,3)4)45-34(41)26-17-11-7-12-18-26/h6-20,23,28-32H,21-22H2,1-5H3. The van der Waals surface area contributed by atoms with Crippen LogP contribution >= 0.6 is 0 Å². The highest BCUT2D eigenvalue weighted by molar-refractivity contribution is 5.91. The molecule has 3 aliphatic rings. The molecule has 246 valence electrons. The van der Waals surface area contributed by atoms with Gasteiger partial charge in [-0.15, -0.1) is 0 Å². The van der Waals surface area contributed by atoms with E-state index in [4.69, 9.17) is 23.7 Å². The third kappa shape index (κ3) is 5.40. The van der Waals surface area contributed by atoms with Gasteiger partial charge in [0.25, 0.3) is 0 Å². The summed E-state index contributed by atoms with van der Waals surface area (Å²) >= 11 is 0. The van der Waals surface area contributed by atoms with E-state index in [0.29, 0.717) is 29.5 Å². The topological polar surface area (TPSA) is 114 Å². The molecule has 1 saturated heterocycles. The zero-order chi connectivity index (χ0) is 33.6. The molecule has 1 aliphatic heterocycles. The highest BCUT2D eigenvalue weighted by Gasteiger charge is 2.82. The van der Waals surface area contributed by atoms with Crippen LogP contribution in [-0.4, -0.2) is 59.5 Å². The first-order valence-electron chi connectivity index (χ1n) is 16.1. The lowest BCUT2D eigenvalue weighted by atomic mass is 9.48. The Kier molecular flexibility index (Phi) is 8.47. The quantitative estimate of drug-likeness (QED) is 0.220. The second kappa shape index (κ2) is 12.3. The zero-order valence-electron chi connectivity index (χ0n) is 27.2. The summed E-state index contributed by atoms with van der Waals surface area (Å²) in [5.74, 6) is -3.40. The normalized spacial score (nSPS) is 31.9. The Morgan fingerprint density at radius 1 is 0.638 bits per heavy atom. The summed E-state index contributed by atoms with van der Waals surface area (Å²) in [6, 6.07) is 25.7. The van der Waals surface area contributed by atoms with Crippen LogP contribution in [0.25, 0.3) is 0 Å². The van der Waals surface area contributed by atoms with Gasteiger partial charge in [-0.2, -0.15) is 0 Å².